The summed E-state index contributed by atoms with van der Waals surface area (Å²) in [5.41, 5.74) is -2.24. The summed E-state index contributed by atoms with van der Waals surface area (Å²) in [6.45, 7) is 17.3. The van der Waals surface area contributed by atoms with Gasteiger partial charge >= 0.3 is 12.1 Å². The van der Waals surface area contributed by atoms with Gasteiger partial charge < -0.3 is 43.6 Å². The van der Waals surface area contributed by atoms with Gasteiger partial charge in [-0.2, -0.15) is 5.06 Å². The van der Waals surface area contributed by atoms with Crippen molar-refractivity contribution in [2.45, 2.75) is 142 Å². The molecule has 0 aliphatic carbocycles. The third kappa shape index (κ3) is 8.79. The molecular formula is C35H61N3O12. The summed E-state index contributed by atoms with van der Waals surface area (Å²) in [4.78, 5) is 54.2. The standard InChI is InChI=1S/C35H61N3O12/c1-14-46-36-26-18(2)16-34(9,45-17-19(3)39)30(49-32-28(41)25(37(11)12)15-20(4)47-32)22(6)27(40)23(7)31(42)48-24(8)35(10)29(21(26)5)38(44-13)33(43)50-35/h18-25,28-30,32,39,41H,14-17H2,1-13H3/b36-26+/t18-,19?,20-,21-,22+,23-,24+,25+,28-,29-,30-,32+,34+,35-/m1/s1. The zero-order valence-corrected chi connectivity index (χ0v) is 32.1. The van der Waals surface area contributed by atoms with Gasteiger partial charge in [0.15, 0.2) is 17.7 Å². The highest BCUT2D eigenvalue weighted by Crippen LogP contribution is 2.43. The molecule has 288 valence electrons. The number of hydroxylamine groups is 2. The molecule has 0 bridgehead atoms. The van der Waals surface area contributed by atoms with Gasteiger partial charge in [0.2, 0.25) is 0 Å². The second-order valence-electron chi connectivity index (χ2n) is 14.9. The van der Waals surface area contributed by atoms with Crippen molar-refractivity contribution in [2.75, 3.05) is 34.4 Å². The number of likely N-dealkylation sites (N-methyl/N-ethyl adjacent to an activating group) is 1. The molecule has 0 saturated carbocycles. The minimum Gasteiger partial charge on any atom is -0.458 e. The van der Waals surface area contributed by atoms with Crippen molar-refractivity contribution >= 4 is 23.6 Å². The van der Waals surface area contributed by atoms with Crippen LogP contribution in [0.4, 0.5) is 4.79 Å². The van der Waals surface area contributed by atoms with E-state index in [2.05, 4.69) is 5.16 Å². The lowest BCUT2D eigenvalue weighted by molar-refractivity contribution is -0.298. The van der Waals surface area contributed by atoms with E-state index < -0.39 is 89.5 Å². The van der Waals surface area contributed by atoms with Crippen molar-refractivity contribution in [3.8, 4) is 0 Å². The van der Waals surface area contributed by atoms with E-state index in [1.54, 1.807) is 41.5 Å². The molecule has 3 rings (SSSR count). The first kappa shape index (κ1) is 42.0. The minimum atomic E-state index is -1.42. The van der Waals surface area contributed by atoms with Gasteiger partial charge in [0.25, 0.3) is 0 Å². The Hall–Kier alpha value is -2.40. The van der Waals surface area contributed by atoms with Crippen LogP contribution in [0.5, 0.6) is 0 Å². The number of fused-ring (bicyclic) bond motifs is 1. The number of esters is 1. The SMILES string of the molecule is CCO/N=C1\[C@H](C)C[C@](C)(OCC(C)O)[C@H](O[C@@H]2O[C@H](C)C[C@H](N(C)C)[C@H]2O)[C@@H](C)C(=O)[C@@H](C)C(=O)O[C@@H](C)[C@@]2(C)OC(=O)N(OC)[C@@H]2[C@@H]1C. The number of carbonyl (C=O) groups excluding carboxylic acids is 3. The predicted molar refractivity (Wildman–Crippen MR) is 182 cm³/mol. The Morgan fingerprint density at radius 3 is 2.28 bits per heavy atom. The molecule has 2 N–H and O–H groups in total. The van der Waals surface area contributed by atoms with E-state index in [1.807, 2.05) is 39.8 Å². The highest BCUT2D eigenvalue weighted by Gasteiger charge is 2.60. The average Bonchev–Trinajstić information content (AvgIpc) is 3.31. The van der Waals surface area contributed by atoms with Crippen LogP contribution in [0.25, 0.3) is 0 Å². The third-order valence-corrected chi connectivity index (χ3v) is 10.6. The molecular weight excluding hydrogens is 654 g/mol. The monoisotopic (exact) mass is 715 g/mol. The minimum absolute atomic E-state index is 0.113. The number of amides is 1. The van der Waals surface area contributed by atoms with Crippen molar-refractivity contribution < 1.29 is 58.0 Å². The lowest BCUT2D eigenvalue weighted by atomic mass is 9.73. The number of rotatable bonds is 9. The van der Waals surface area contributed by atoms with Crippen LogP contribution in [0.3, 0.4) is 0 Å². The molecule has 3 heterocycles. The smallest absolute Gasteiger partial charge is 0.435 e. The lowest BCUT2D eigenvalue weighted by Gasteiger charge is -2.47. The molecule has 0 spiro atoms. The van der Waals surface area contributed by atoms with Gasteiger partial charge in [0, 0.05) is 23.8 Å². The zero-order valence-electron chi connectivity index (χ0n) is 32.1. The fraction of sp³-hybridized carbons (Fsp3) is 0.886. The molecule has 15 heteroatoms. The molecule has 3 aliphatic rings. The van der Waals surface area contributed by atoms with E-state index in [9.17, 15) is 24.6 Å². The second-order valence-corrected chi connectivity index (χ2v) is 14.9. The normalized spacial score (nSPS) is 42.2. The van der Waals surface area contributed by atoms with Crippen LogP contribution in [0.15, 0.2) is 5.16 Å². The van der Waals surface area contributed by atoms with Gasteiger partial charge in [-0.25, -0.2) is 4.79 Å². The highest BCUT2D eigenvalue weighted by atomic mass is 16.8. The largest absolute Gasteiger partial charge is 0.458 e. The quantitative estimate of drug-likeness (QED) is 0.203. The van der Waals surface area contributed by atoms with Crippen molar-refractivity contribution in [3.05, 3.63) is 0 Å². The van der Waals surface area contributed by atoms with Crippen molar-refractivity contribution in [2.24, 2.45) is 28.8 Å². The lowest BCUT2D eigenvalue weighted by Crippen LogP contribution is -2.60. The summed E-state index contributed by atoms with van der Waals surface area (Å²) in [7, 11) is 5.07. The summed E-state index contributed by atoms with van der Waals surface area (Å²) in [5.74, 6) is -4.59. The Labute approximate surface area is 296 Å². The molecule has 14 atom stereocenters. The van der Waals surface area contributed by atoms with E-state index >= 15 is 0 Å². The Kier molecular flexibility index (Phi) is 14.2. The second kappa shape index (κ2) is 17.0. The number of aliphatic hydroxyl groups excluding tert-OH is 2. The first-order valence-electron chi connectivity index (χ1n) is 17.7. The molecule has 0 aromatic rings. The Morgan fingerprint density at radius 2 is 1.72 bits per heavy atom. The Bertz CT molecular complexity index is 1220. The van der Waals surface area contributed by atoms with Crippen LogP contribution in [-0.2, 0) is 42.9 Å². The van der Waals surface area contributed by atoms with Crippen LogP contribution in [-0.4, -0.2) is 138 Å². The van der Waals surface area contributed by atoms with E-state index in [-0.39, 0.29) is 31.8 Å². The van der Waals surface area contributed by atoms with E-state index in [0.29, 0.717) is 12.1 Å². The predicted octanol–water partition coefficient (Wildman–Crippen LogP) is 2.94. The molecule has 3 aliphatic heterocycles. The fourth-order valence-electron chi connectivity index (χ4n) is 7.70. The number of ether oxygens (including phenoxy) is 5. The van der Waals surface area contributed by atoms with E-state index in [0.717, 1.165) is 5.06 Å². The molecule has 0 radical (unpaired) electrons. The Balaban J connectivity index is 2.25. The summed E-state index contributed by atoms with van der Waals surface area (Å²) in [6.07, 6.45) is -5.52. The molecule has 15 nitrogen and oxygen atoms in total. The maximum absolute atomic E-state index is 14.3. The van der Waals surface area contributed by atoms with Crippen LogP contribution in [0, 0.1) is 23.7 Å². The van der Waals surface area contributed by atoms with Crippen molar-refractivity contribution in [1.29, 1.82) is 0 Å². The maximum Gasteiger partial charge on any atom is 0.435 e. The number of carbonyl (C=O) groups is 3. The zero-order chi connectivity index (χ0) is 37.9. The van der Waals surface area contributed by atoms with Gasteiger partial charge in [-0.3, -0.25) is 14.4 Å². The highest BCUT2D eigenvalue weighted by molar-refractivity contribution is 6.00. The number of hydrogen-bond donors (Lipinski definition) is 2. The van der Waals surface area contributed by atoms with Gasteiger partial charge in [0.05, 0.1) is 43.3 Å². The number of Topliss-reactive ketones (excluding diaryl/α,β-unsaturated/α-hetero) is 1. The molecule has 0 aromatic heterocycles. The number of ketones is 1. The summed E-state index contributed by atoms with van der Waals surface area (Å²) in [6, 6.07) is -1.14. The molecule has 0 aromatic carbocycles. The first-order chi connectivity index (χ1) is 23.2. The Morgan fingerprint density at radius 1 is 1.08 bits per heavy atom. The molecule has 1 amide bonds. The number of oxime groups is 1. The summed E-state index contributed by atoms with van der Waals surface area (Å²) >= 11 is 0. The van der Waals surface area contributed by atoms with Crippen LogP contribution in [0.2, 0.25) is 0 Å². The van der Waals surface area contributed by atoms with Crippen molar-refractivity contribution in [3.63, 3.8) is 0 Å². The molecule has 1 unspecified atom stereocenters. The summed E-state index contributed by atoms with van der Waals surface area (Å²) in [5, 5.41) is 27.5. The van der Waals surface area contributed by atoms with Gasteiger partial charge in [-0.1, -0.05) is 25.9 Å². The number of aliphatic hydroxyl groups is 2. The van der Waals surface area contributed by atoms with Crippen LogP contribution < -0.4 is 0 Å². The first-order valence-corrected chi connectivity index (χ1v) is 17.7. The van der Waals surface area contributed by atoms with Crippen LogP contribution >= 0.6 is 0 Å². The van der Waals surface area contributed by atoms with E-state index in [1.165, 1.54) is 14.0 Å². The van der Waals surface area contributed by atoms with Crippen LogP contribution in [0.1, 0.15) is 82.1 Å². The number of nitrogens with zero attached hydrogens (tertiary/aromatic N) is 3. The van der Waals surface area contributed by atoms with Gasteiger partial charge in [-0.15, -0.1) is 0 Å². The fourth-order valence-corrected chi connectivity index (χ4v) is 7.70. The topological polar surface area (TPSA) is 175 Å². The molecule has 50 heavy (non-hydrogen) atoms. The number of hydrogen-bond acceptors (Lipinski definition) is 14. The van der Waals surface area contributed by atoms with Gasteiger partial charge in [0.1, 0.15) is 30.8 Å². The number of cyclic esters (lactones) is 1. The van der Waals surface area contributed by atoms with Gasteiger partial charge in [-0.05, 0) is 75.4 Å². The maximum atomic E-state index is 14.3. The van der Waals surface area contributed by atoms with Crippen molar-refractivity contribution in [1.82, 2.24) is 9.96 Å². The summed E-state index contributed by atoms with van der Waals surface area (Å²) < 4.78 is 31.1. The molecule has 3 fully saturated rings. The average molecular weight is 716 g/mol. The molecule has 3 saturated heterocycles. The van der Waals surface area contributed by atoms with E-state index in [4.69, 9.17) is 33.4 Å². The third-order valence-electron chi connectivity index (χ3n) is 10.6.